The summed E-state index contributed by atoms with van der Waals surface area (Å²) in [4.78, 5) is 11.3. The Kier molecular flexibility index (Phi) is 4.72. The van der Waals surface area contributed by atoms with E-state index in [2.05, 4.69) is 5.32 Å². The molecule has 0 saturated heterocycles. The molecule has 0 saturated carbocycles. The van der Waals surface area contributed by atoms with Crippen LogP contribution in [0.25, 0.3) is 0 Å². The molecule has 1 rings (SSSR count). The lowest BCUT2D eigenvalue weighted by molar-refractivity contribution is -0.117. The lowest BCUT2D eigenvalue weighted by Crippen LogP contribution is -2.32. The van der Waals surface area contributed by atoms with E-state index in [4.69, 9.17) is 10.5 Å². The summed E-state index contributed by atoms with van der Waals surface area (Å²) in [5.74, 6) is 0.239. The van der Waals surface area contributed by atoms with E-state index < -0.39 is 12.7 Å². The zero-order chi connectivity index (χ0) is 12.0. The first-order valence-electron chi connectivity index (χ1n) is 4.98. The van der Waals surface area contributed by atoms with Gasteiger partial charge in [-0.25, -0.2) is 4.39 Å². The van der Waals surface area contributed by atoms with Crippen LogP contribution in [-0.2, 0) is 4.79 Å². The Bertz CT molecular complexity index is 356. The number of amides is 1. The zero-order valence-corrected chi connectivity index (χ0v) is 9.07. The Hall–Kier alpha value is -1.62. The predicted molar refractivity (Wildman–Crippen MR) is 60.2 cm³/mol. The maximum atomic E-state index is 11.9. The molecule has 0 aliphatic carbocycles. The summed E-state index contributed by atoms with van der Waals surface area (Å²) in [5, 5.41) is 2.62. The number of halogens is 1. The van der Waals surface area contributed by atoms with Gasteiger partial charge in [-0.2, -0.15) is 0 Å². The van der Waals surface area contributed by atoms with Crippen LogP contribution in [-0.4, -0.2) is 25.2 Å². The Morgan fingerprint density at radius 2 is 2.38 bits per heavy atom. The standard InChI is InChI=1S/C11H15FN2O2/c1-8(13)11(15)14-9-3-2-4-10(7-9)16-6-5-12/h2-4,7-8H,5-6,13H2,1H3,(H,14,15)/t8-/m1/s1. The molecule has 3 N–H and O–H groups in total. The number of nitrogens with one attached hydrogen (secondary N) is 1. The van der Waals surface area contributed by atoms with Gasteiger partial charge in [0.25, 0.3) is 0 Å². The number of ether oxygens (including phenoxy) is 1. The van der Waals surface area contributed by atoms with Gasteiger partial charge in [-0.1, -0.05) is 6.07 Å². The fraction of sp³-hybridized carbons (Fsp3) is 0.364. The van der Waals surface area contributed by atoms with Crippen molar-refractivity contribution in [3.8, 4) is 5.75 Å². The number of benzene rings is 1. The molecule has 1 atom stereocenters. The second-order valence-electron chi connectivity index (χ2n) is 3.34. The van der Waals surface area contributed by atoms with E-state index in [1.165, 1.54) is 0 Å². The number of carbonyl (C=O) groups is 1. The predicted octanol–water partition coefficient (Wildman–Crippen LogP) is 1.32. The Morgan fingerprint density at radius 1 is 1.62 bits per heavy atom. The fourth-order valence-electron chi connectivity index (χ4n) is 1.08. The van der Waals surface area contributed by atoms with Crippen LogP contribution >= 0.6 is 0 Å². The van der Waals surface area contributed by atoms with Gasteiger partial charge in [-0.3, -0.25) is 4.79 Å². The van der Waals surface area contributed by atoms with Gasteiger partial charge in [0.05, 0.1) is 6.04 Å². The summed E-state index contributed by atoms with van der Waals surface area (Å²) < 4.78 is 17.0. The Morgan fingerprint density at radius 3 is 3.00 bits per heavy atom. The lowest BCUT2D eigenvalue weighted by atomic mass is 10.2. The van der Waals surface area contributed by atoms with Crippen molar-refractivity contribution in [1.82, 2.24) is 0 Å². The molecule has 0 unspecified atom stereocenters. The molecule has 0 fully saturated rings. The van der Waals surface area contributed by atoms with Gasteiger partial charge in [0.15, 0.2) is 0 Å². The first kappa shape index (κ1) is 12.4. The molecule has 88 valence electrons. The van der Waals surface area contributed by atoms with Crippen molar-refractivity contribution in [3.05, 3.63) is 24.3 Å². The number of alkyl halides is 1. The van der Waals surface area contributed by atoms with Crippen molar-refractivity contribution in [2.45, 2.75) is 13.0 Å². The average Bonchev–Trinajstić information content (AvgIpc) is 2.26. The second kappa shape index (κ2) is 6.07. The van der Waals surface area contributed by atoms with Crippen molar-refractivity contribution in [1.29, 1.82) is 0 Å². The number of hydrogen-bond donors (Lipinski definition) is 2. The van der Waals surface area contributed by atoms with Crippen molar-refractivity contribution in [3.63, 3.8) is 0 Å². The molecule has 0 aliphatic heterocycles. The third kappa shape index (κ3) is 3.86. The minimum atomic E-state index is -0.574. The van der Waals surface area contributed by atoms with Gasteiger partial charge in [-0.05, 0) is 19.1 Å². The van der Waals surface area contributed by atoms with Gasteiger partial charge in [-0.15, -0.1) is 0 Å². The molecule has 0 aliphatic rings. The Labute approximate surface area is 93.6 Å². The van der Waals surface area contributed by atoms with Crippen molar-refractivity contribution < 1.29 is 13.9 Å². The van der Waals surface area contributed by atoms with Crippen LogP contribution in [0.5, 0.6) is 5.75 Å². The third-order valence-corrected chi connectivity index (χ3v) is 1.86. The van der Waals surface area contributed by atoms with Crippen LogP contribution in [0, 0.1) is 0 Å². The first-order chi connectivity index (χ1) is 7.63. The molecule has 0 bridgehead atoms. The summed E-state index contributed by atoms with van der Waals surface area (Å²) >= 11 is 0. The van der Waals surface area contributed by atoms with Gasteiger partial charge >= 0.3 is 0 Å². The zero-order valence-electron chi connectivity index (χ0n) is 9.07. The number of anilines is 1. The number of carbonyl (C=O) groups excluding carboxylic acids is 1. The van der Waals surface area contributed by atoms with Gasteiger partial charge in [0.1, 0.15) is 19.0 Å². The molecule has 4 nitrogen and oxygen atoms in total. The van der Waals surface area contributed by atoms with E-state index in [9.17, 15) is 9.18 Å². The second-order valence-corrected chi connectivity index (χ2v) is 3.34. The van der Waals surface area contributed by atoms with Crippen LogP contribution in [0.1, 0.15) is 6.92 Å². The summed E-state index contributed by atoms with van der Waals surface area (Å²) in [6.45, 7) is 1.06. The first-order valence-corrected chi connectivity index (χ1v) is 4.98. The Balaban J connectivity index is 2.63. The number of nitrogens with two attached hydrogens (primary N) is 1. The third-order valence-electron chi connectivity index (χ3n) is 1.86. The minimum Gasteiger partial charge on any atom is -0.491 e. The molecular weight excluding hydrogens is 211 g/mol. The molecule has 5 heteroatoms. The van der Waals surface area contributed by atoms with Crippen molar-refractivity contribution >= 4 is 11.6 Å². The molecule has 0 spiro atoms. The quantitative estimate of drug-likeness (QED) is 0.795. The highest BCUT2D eigenvalue weighted by Crippen LogP contribution is 2.17. The number of hydrogen-bond acceptors (Lipinski definition) is 3. The van der Waals surface area contributed by atoms with Crippen LogP contribution in [0.4, 0.5) is 10.1 Å². The maximum absolute atomic E-state index is 11.9. The van der Waals surface area contributed by atoms with Gasteiger partial charge in [0, 0.05) is 11.8 Å². The molecule has 1 aromatic carbocycles. The molecule has 1 amide bonds. The summed E-state index contributed by atoms with van der Waals surface area (Å²) in [6, 6.07) is 6.16. The molecule has 0 aromatic heterocycles. The van der Waals surface area contributed by atoms with Crippen molar-refractivity contribution in [2.24, 2.45) is 5.73 Å². The topological polar surface area (TPSA) is 64.4 Å². The SMILES string of the molecule is C[C@@H](N)C(=O)Nc1cccc(OCCF)c1. The normalized spacial score (nSPS) is 11.9. The molecular formula is C11H15FN2O2. The molecule has 1 aromatic rings. The lowest BCUT2D eigenvalue weighted by Gasteiger charge is -2.09. The van der Waals surface area contributed by atoms with E-state index in [1.807, 2.05) is 0 Å². The smallest absolute Gasteiger partial charge is 0.241 e. The number of rotatable bonds is 5. The van der Waals surface area contributed by atoms with Gasteiger partial charge < -0.3 is 15.8 Å². The highest BCUT2D eigenvalue weighted by molar-refractivity contribution is 5.94. The highest BCUT2D eigenvalue weighted by atomic mass is 19.1. The largest absolute Gasteiger partial charge is 0.491 e. The van der Waals surface area contributed by atoms with Gasteiger partial charge in [0.2, 0.25) is 5.91 Å². The fourth-order valence-corrected chi connectivity index (χ4v) is 1.08. The van der Waals surface area contributed by atoms with Crippen molar-refractivity contribution in [2.75, 3.05) is 18.6 Å². The molecule has 0 heterocycles. The van der Waals surface area contributed by atoms with E-state index in [0.29, 0.717) is 11.4 Å². The molecule has 0 radical (unpaired) electrons. The van der Waals surface area contributed by atoms with E-state index in [1.54, 1.807) is 31.2 Å². The summed E-state index contributed by atoms with van der Waals surface area (Å²) in [6.07, 6.45) is 0. The molecule has 16 heavy (non-hydrogen) atoms. The highest BCUT2D eigenvalue weighted by Gasteiger charge is 2.07. The minimum absolute atomic E-state index is 0.00465. The van der Waals surface area contributed by atoms with E-state index in [0.717, 1.165) is 0 Å². The van der Waals surface area contributed by atoms with Crippen LogP contribution in [0.3, 0.4) is 0 Å². The van der Waals surface area contributed by atoms with Crippen LogP contribution in [0.2, 0.25) is 0 Å². The summed E-state index contributed by atoms with van der Waals surface area (Å²) in [7, 11) is 0. The van der Waals surface area contributed by atoms with Crippen LogP contribution < -0.4 is 15.8 Å². The summed E-state index contributed by atoms with van der Waals surface area (Å²) in [5.41, 5.74) is 5.99. The van der Waals surface area contributed by atoms with E-state index in [-0.39, 0.29) is 12.5 Å². The van der Waals surface area contributed by atoms with E-state index >= 15 is 0 Å². The average molecular weight is 226 g/mol. The maximum Gasteiger partial charge on any atom is 0.241 e. The monoisotopic (exact) mass is 226 g/mol. The van der Waals surface area contributed by atoms with Crippen LogP contribution in [0.15, 0.2) is 24.3 Å².